The lowest BCUT2D eigenvalue weighted by atomic mass is 10.3. The average molecular weight is 271 g/mol. The molecule has 0 bridgehead atoms. The van der Waals surface area contributed by atoms with E-state index in [0.717, 1.165) is 27.5 Å². The molecule has 4 nitrogen and oxygen atoms in total. The van der Waals surface area contributed by atoms with Gasteiger partial charge >= 0.3 is 0 Å². The van der Waals surface area contributed by atoms with Crippen molar-refractivity contribution in [2.45, 2.75) is 13.8 Å². The highest BCUT2D eigenvalue weighted by atomic mass is 32.1. The van der Waals surface area contributed by atoms with Crippen molar-refractivity contribution in [1.82, 2.24) is 9.97 Å². The van der Waals surface area contributed by atoms with Crippen molar-refractivity contribution in [3.05, 3.63) is 41.0 Å². The van der Waals surface area contributed by atoms with Crippen LogP contribution in [0.4, 0.5) is 11.5 Å². The number of hydrogen-bond acceptors (Lipinski definition) is 5. The Balaban J connectivity index is 2.09. The van der Waals surface area contributed by atoms with E-state index in [1.165, 1.54) is 4.88 Å². The SMILES string of the molecule is Cc1nc(Nc2cccc(O)c2)c2cc(C)sc2n1. The van der Waals surface area contributed by atoms with Crippen molar-refractivity contribution in [1.29, 1.82) is 0 Å². The lowest BCUT2D eigenvalue weighted by Crippen LogP contribution is -1.97. The van der Waals surface area contributed by atoms with E-state index in [0.29, 0.717) is 0 Å². The van der Waals surface area contributed by atoms with Gasteiger partial charge in [0, 0.05) is 16.6 Å². The lowest BCUT2D eigenvalue weighted by Gasteiger charge is -2.07. The second-order valence-electron chi connectivity index (χ2n) is 4.37. The molecule has 96 valence electrons. The fourth-order valence-corrected chi connectivity index (χ4v) is 2.89. The highest BCUT2D eigenvalue weighted by molar-refractivity contribution is 7.18. The zero-order chi connectivity index (χ0) is 13.4. The number of nitrogens with zero attached hydrogens (tertiary/aromatic N) is 2. The molecular weight excluding hydrogens is 258 g/mol. The van der Waals surface area contributed by atoms with Gasteiger partial charge in [-0.1, -0.05) is 6.07 Å². The third-order valence-corrected chi connectivity index (χ3v) is 3.68. The van der Waals surface area contributed by atoms with Crippen LogP contribution in [-0.2, 0) is 0 Å². The molecule has 2 N–H and O–H groups in total. The monoisotopic (exact) mass is 271 g/mol. The van der Waals surface area contributed by atoms with Crippen LogP contribution in [0.25, 0.3) is 10.2 Å². The number of phenols is 1. The molecule has 1 aromatic carbocycles. The fourth-order valence-electron chi connectivity index (χ4n) is 1.96. The summed E-state index contributed by atoms with van der Waals surface area (Å²) in [5.74, 6) is 1.74. The van der Waals surface area contributed by atoms with E-state index in [1.807, 2.05) is 13.0 Å². The van der Waals surface area contributed by atoms with Gasteiger partial charge in [-0.3, -0.25) is 0 Å². The van der Waals surface area contributed by atoms with E-state index in [9.17, 15) is 5.11 Å². The average Bonchev–Trinajstić information content (AvgIpc) is 2.69. The molecule has 3 aromatic rings. The second kappa shape index (κ2) is 4.51. The lowest BCUT2D eigenvalue weighted by molar-refractivity contribution is 0.475. The smallest absolute Gasteiger partial charge is 0.142 e. The highest BCUT2D eigenvalue weighted by Gasteiger charge is 2.09. The van der Waals surface area contributed by atoms with Crippen molar-refractivity contribution in [2.24, 2.45) is 0 Å². The molecule has 19 heavy (non-hydrogen) atoms. The summed E-state index contributed by atoms with van der Waals surface area (Å²) in [6.45, 7) is 3.93. The summed E-state index contributed by atoms with van der Waals surface area (Å²) in [5.41, 5.74) is 0.809. The maximum atomic E-state index is 9.49. The minimum absolute atomic E-state index is 0.230. The quantitative estimate of drug-likeness (QED) is 0.745. The molecule has 0 fully saturated rings. The Kier molecular flexibility index (Phi) is 2.83. The van der Waals surface area contributed by atoms with Crippen LogP contribution in [0.5, 0.6) is 5.75 Å². The highest BCUT2D eigenvalue weighted by Crippen LogP contribution is 2.30. The van der Waals surface area contributed by atoms with Gasteiger partial charge in [0.1, 0.15) is 22.2 Å². The number of phenolic OH excluding ortho intramolecular Hbond substituents is 1. The Morgan fingerprint density at radius 1 is 1.16 bits per heavy atom. The van der Waals surface area contributed by atoms with Gasteiger partial charge in [-0.05, 0) is 32.0 Å². The van der Waals surface area contributed by atoms with Gasteiger partial charge in [-0.2, -0.15) is 0 Å². The standard InChI is InChI=1S/C14H13N3OS/c1-8-6-12-13(15-9(2)16-14(12)19-8)17-10-4-3-5-11(18)7-10/h3-7,18H,1-2H3,(H,15,16,17). The number of fused-ring (bicyclic) bond motifs is 1. The number of nitrogens with one attached hydrogen (secondary N) is 1. The molecule has 5 heteroatoms. The predicted octanol–water partition coefficient (Wildman–Crippen LogP) is 3.76. The number of benzene rings is 1. The minimum Gasteiger partial charge on any atom is -0.508 e. The van der Waals surface area contributed by atoms with Gasteiger partial charge in [0.2, 0.25) is 0 Å². The van der Waals surface area contributed by atoms with E-state index in [2.05, 4.69) is 28.3 Å². The Hall–Kier alpha value is -2.14. The van der Waals surface area contributed by atoms with Crippen LogP contribution < -0.4 is 5.32 Å². The van der Waals surface area contributed by atoms with Crippen LogP contribution in [-0.4, -0.2) is 15.1 Å². The summed E-state index contributed by atoms with van der Waals surface area (Å²) in [4.78, 5) is 11.1. The molecule has 0 saturated carbocycles. The number of rotatable bonds is 2. The van der Waals surface area contributed by atoms with Crippen molar-refractivity contribution < 1.29 is 5.11 Å². The molecule has 2 aromatic heterocycles. The van der Waals surface area contributed by atoms with Crippen molar-refractivity contribution >= 4 is 33.1 Å². The summed E-state index contributed by atoms with van der Waals surface area (Å²) in [6, 6.07) is 9.07. The van der Waals surface area contributed by atoms with Crippen LogP contribution in [0.1, 0.15) is 10.7 Å². The molecule has 0 saturated heterocycles. The zero-order valence-electron chi connectivity index (χ0n) is 10.6. The van der Waals surface area contributed by atoms with Crippen LogP contribution >= 0.6 is 11.3 Å². The maximum Gasteiger partial charge on any atom is 0.142 e. The van der Waals surface area contributed by atoms with E-state index < -0.39 is 0 Å². The van der Waals surface area contributed by atoms with Crippen LogP contribution in [0, 0.1) is 13.8 Å². The van der Waals surface area contributed by atoms with E-state index in [1.54, 1.807) is 29.5 Å². The summed E-state index contributed by atoms with van der Waals surface area (Å²) in [7, 11) is 0. The van der Waals surface area contributed by atoms with Gasteiger partial charge in [0.25, 0.3) is 0 Å². The normalized spacial score (nSPS) is 10.8. The molecule has 0 spiro atoms. The second-order valence-corrected chi connectivity index (χ2v) is 5.61. The Morgan fingerprint density at radius 2 is 2.00 bits per heavy atom. The number of aromatic nitrogens is 2. The molecule has 0 amide bonds. The molecule has 0 aliphatic rings. The number of hydrogen-bond donors (Lipinski definition) is 2. The first-order chi connectivity index (χ1) is 9.11. The number of thiophene rings is 1. The van der Waals surface area contributed by atoms with Crippen LogP contribution in [0.3, 0.4) is 0 Å². The van der Waals surface area contributed by atoms with E-state index in [-0.39, 0.29) is 5.75 Å². The Bertz CT molecular complexity index is 752. The van der Waals surface area contributed by atoms with Gasteiger partial charge < -0.3 is 10.4 Å². The maximum absolute atomic E-state index is 9.49. The Morgan fingerprint density at radius 3 is 2.79 bits per heavy atom. The number of aryl methyl sites for hydroxylation is 2. The van der Waals surface area contributed by atoms with E-state index in [4.69, 9.17) is 0 Å². The molecule has 2 heterocycles. The van der Waals surface area contributed by atoms with Crippen molar-refractivity contribution in [3.63, 3.8) is 0 Å². The number of aromatic hydroxyl groups is 1. The fraction of sp³-hybridized carbons (Fsp3) is 0.143. The zero-order valence-corrected chi connectivity index (χ0v) is 11.5. The molecule has 0 atom stereocenters. The van der Waals surface area contributed by atoms with Gasteiger partial charge in [-0.25, -0.2) is 9.97 Å². The summed E-state index contributed by atoms with van der Waals surface area (Å²) in [5, 5.41) is 13.7. The van der Waals surface area contributed by atoms with E-state index >= 15 is 0 Å². The number of anilines is 2. The third kappa shape index (κ3) is 2.37. The topological polar surface area (TPSA) is 58.0 Å². The van der Waals surface area contributed by atoms with Crippen molar-refractivity contribution in [2.75, 3.05) is 5.32 Å². The van der Waals surface area contributed by atoms with Gasteiger partial charge in [0.05, 0.1) is 5.39 Å². The van der Waals surface area contributed by atoms with Crippen LogP contribution in [0.2, 0.25) is 0 Å². The van der Waals surface area contributed by atoms with Gasteiger partial charge in [0.15, 0.2) is 0 Å². The molecule has 0 unspecified atom stereocenters. The molecule has 0 aliphatic heterocycles. The summed E-state index contributed by atoms with van der Waals surface area (Å²) in [6.07, 6.45) is 0. The van der Waals surface area contributed by atoms with Crippen LogP contribution in [0.15, 0.2) is 30.3 Å². The molecule has 3 rings (SSSR count). The molecular formula is C14H13N3OS. The van der Waals surface area contributed by atoms with Gasteiger partial charge in [-0.15, -0.1) is 11.3 Å². The molecule has 0 aliphatic carbocycles. The first-order valence-corrected chi connectivity index (χ1v) is 6.74. The Labute approximate surface area is 114 Å². The summed E-state index contributed by atoms with van der Waals surface area (Å²) < 4.78 is 0. The van der Waals surface area contributed by atoms with Crippen molar-refractivity contribution in [3.8, 4) is 5.75 Å². The first kappa shape index (κ1) is 11.9. The summed E-state index contributed by atoms with van der Waals surface area (Å²) >= 11 is 1.65. The largest absolute Gasteiger partial charge is 0.508 e. The molecule has 0 radical (unpaired) electrons. The predicted molar refractivity (Wildman–Crippen MR) is 78.3 cm³/mol. The first-order valence-electron chi connectivity index (χ1n) is 5.92. The third-order valence-electron chi connectivity index (χ3n) is 2.74. The minimum atomic E-state index is 0.230.